The molecule has 34 heavy (non-hydrogen) atoms. The van der Waals surface area contributed by atoms with Gasteiger partial charge in [0.2, 0.25) is 0 Å². The van der Waals surface area contributed by atoms with Crippen LogP contribution in [0.5, 0.6) is 0 Å². The molecule has 0 radical (unpaired) electrons. The van der Waals surface area contributed by atoms with Gasteiger partial charge in [-0.25, -0.2) is 9.69 Å². The molecular formula is C29H31NO4. The number of anilines is 1. The van der Waals surface area contributed by atoms with E-state index < -0.39 is 11.9 Å². The van der Waals surface area contributed by atoms with Crippen LogP contribution in [0.25, 0.3) is 10.8 Å². The zero-order valence-corrected chi connectivity index (χ0v) is 19.7. The molecule has 3 aromatic carbocycles. The molecule has 1 aliphatic rings. The highest BCUT2D eigenvalue weighted by Crippen LogP contribution is 2.31. The number of hydrogen-bond acceptors (Lipinski definition) is 4. The van der Waals surface area contributed by atoms with E-state index >= 15 is 0 Å². The first-order valence-electron chi connectivity index (χ1n) is 12.3. The molecule has 2 amide bonds. The number of hydrogen-bond donors (Lipinski definition) is 0. The zero-order valence-electron chi connectivity index (χ0n) is 19.7. The van der Waals surface area contributed by atoms with Gasteiger partial charge in [0.1, 0.15) is 0 Å². The number of esters is 1. The number of ether oxygens (including phenoxy) is 1. The summed E-state index contributed by atoms with van der Waals surface area (Å²) < 4.78 is 5.41. The molecule has 5 heteroatoms. The van der Waals surface area contributed by atoms with Gasteiger partial charge in [-0.2, -0.15) is 0 Å². The molecule has 0 aromatic heterocycles. The van der Waals surface area contributed by atoms with E-state index in [0.717, 1.165) is 30.0 Å². The maximum Gasteiger partial charge on any atom is 0.338 e. The van der Waals surface area contributed by atoms with Crippen molar-refractivity contribution in [2.45, 2.75) is 58.3 Å². The fourth-order valence-electron chi connectivity index (χ4n) is 4.40. The first kappa shape index (κ1) is 23.7. The normalized spacial score (nSPS) is 12.9. The first-order valence-corrected chi connectivity index (χ1v) is 12.3. The van der Waals surface area contributed by atoms with Gasteiger partial charge in [0.05, 0.1) is 29.0 Å². The standard InChI is InChI=1S/C29H31NO4/c1-2-3-4-5-6-7-8-11-18-34-29(33)23-15-17-25-26(20-23)28(32)30(27(25)31)24-16-14-21-12-9-10-13-22(21)19-24/h9-10,12-17,19-20H,2-8,11,18H2,1H3. The summed E-state index contributed by atoms with van der Waals surface area (Å²) >= 11 is 0. The lowest BCUT2D eigenvalue weighted by atomic mass is 10.1. The molecule has 1 heterocycles. The van der Waals surface area contributed by atoms with Crippen molar-refractivity contribution < 1.29 is 19.1 Å². The van der Waals surface area contributed by atoms with Gasteiger partial charge in [-0.15, -0.1) is 0 Å². The van der Waals surface area contributed by atoms with Gasteiger partial charge in [-0.3, -0.25) is 9.59 Å². The van der Waals surface area contributed by atoms with E-state index in [1.807, 2.05) is 36.4 Å². The molecule has 176 valence electrons. The highest BCUT2D eigenvalue weighted by molar-refractivity contribution is 6.35. The molecule has 4 rings (SSSR count). The average Bonchev–Trinajstić information content (AvgIpc) is 3.11. The van der Waals surface area contributed by atoms with E-state index in [2.05, 4.69) is 6.92 Å². The molecule has 0 aliphatic carbocycles. The summed E-state index contributed by atoms with van der Waals surface area (Å²) in [6, 6.07) is 17.9. The lowest BCUT2D eigenvalue weighted by Gasteiger charge is -2.14. The van der Waals surface area contributed by atoms with Crippen LogP contribution in [0.2, 0.25) is 0 Å². The number of rotatable bonds is 11. The van der Waals surface area contributed by atoms with Crippen LogP contribution < -0.4 is 4.90 Å². The molecular weight excluding hydrogens is 426 g/mol. The molecule has 0 bridgehead atoms. The summed E-state index contributed by atoms with van der Waals surface area (Å²) in [5, 5.41) is 1.98. The minimum atomic E-state index is -0.463. The lowest BCUT2D eigenvalue weighted by Crippen LogP contribution is -2.29. The number of carbonyl (C=O) groups excluding carboxylic acids is 3. The van der Waals surface area contributed by atoms with Crippen LogP contribution in [-0.4, -0.2) is 24.4 Å². The monoisotopic (exact) mass is 457 g/mol. The molecule has 0 N–H and O–H groups in total. The third-order valence-electron chi connectivity index (χ3n) is 6.34. The Morgan fingerprint density at radius 1 is 0.735 bits per heavy atom. The van der Waals surface area contributed by atoms with Crippen LogP contribution in [-0.2, 0) is 4.74 Å². The second-order valence-electron chi connectivity index (χ2n) is 8.85. The summed E-state index contributed by atoms with van der Waals surface area (Å²) in [4.78, 5) is 39.7. The van der Waals surface area contributed by atoms with Gasteiger partial charge in [-0.1, -0.05) is 82.2 Å². The third kappa shape index (κ3) is 5.19. The summed E-state index contributed by atoms with van der Waals surface area (Å²) in [5.74, 6) is -1.27. The highest BCUT2D eigenvalue weighted by atomic mass is 16.5. The van der Waals surface area contributed by atoms with Crippen LogP contribution in [0.4, 0.5) is 5.69 Å². The number of unbranched alkanes of at least 4 members (excludes halogenated alkanes) is 7. The average molecular weight is 458 g/mol. The van der Waals surface area contributed by atoms with Crippen LogP contribution in [0.3, 0.4) is 0 Å². The Hall–Kier alpha value is -3.47. The zero-order chi connectivity index (χ0) is 23.9. The summed E-state index contributed by atoms with van der Waals surface area (Å²) in [6.45, 7) is 2.57. The number of imide groups is 1. The number of nitrogens with zero attached hydrogens (tertiary/aromatic N) is 1. The van der Waals surface area contributed by atoms with E-state index in [1.165, 1.54) is 43.1 Å². The Labute approximate surface area is 200 Å². The van der Waals surface area contributed by atoms with Crippen molar-refractivity contribution in [3.05, 3.63) is 77.4 Å². The SMILES string of the molecule is CCCCCCCCCCOC(=O)c1ccc2c(c1)C(=O)N(c1ccc3ccccc3c1)C2=O. The maximum absolute atomic E-state index is 13.1. The van der Waals surface area contributed by atoms with Crippen molar-refractivity contribution in [1.82, 2.24) is 0 Å². The van der Waals surface area contributed by atoms with Crippen LogP contribution >= 0.6 is 0 Å². The fourth-order valence-corrected chi connectivity index (χ4v) is 4.40. The van der Waals surface area contributed by atoms with Crippen LogP contribution in [0.1, 0.15) is 89.4 Å². The Morgan fingerprint density at radius 3 is 2.18 bits per heavy atom. The highest BCUT2D eigenvalue weighted by Gasteiger charge is 2.37. The summed E-state index contributed by atoms with van der Waals surface area (Å²) in [7, 11) is 0. The van der Waals surface area contributed by atoms with Crippen molar-refractivity contribution >= 4 is 34.2 Å². The van der Waals surface area contributed by atoms with Gasteiger partial charge in [0.25, 0.3) is 11.8 Å². The van der Waals surface area contributed by atoms with E-state index in [-0.39, 0.29) is 11.5 Å². The van der Waals surface area contributed by atoms with Crippen molar-refractivity contribution in [1.29, 1.82) is 0 Å². The Morgan fingerprint density at radius 2 is 1.41 bits per heavy atom. The van der Waals surface area contributed by atoms with Crippen molar-refractivity contribution in [3.63, 3.8) is 0 Å². The largest absolute Gasteiger partial charge is 0.462 e. The number of benzene rings is 3. The van der Waals surface area contributed by atoms with Crippen LogP contribution in [0, 0.1) is 0 Å². The Kier molecular flexibility index (Phi) is 7.73. The Balaban J connectivity index is 1.35. The fraction of sp³-hybridized carbons (Fsp3) is 0.345. The minimum absolute atomic E-state index is 0.236. The van der Waals surface area contributed by atoms with E-state index in [1.54, 1.807) is 18.2 Å². The smallest absolute Gasteiger partial charge is 0.338 e. The van der Waals surface area contributed by atoms with Crippen molar-refractivity contribution in [2.24, 2.45) is 0 Å². The van der Waals surface area contributed by atoms with Crippen molar-refractivity contribution in [3.8, 4) is 0 Å². The van der Waals surface area contributed by atoms with Crippen LogP contribution in [0.15, 0.2) is 60.7 Å². The Bertz CT molecular complexity index is 1200. The van der Waals surface area contributed by atoms with E-state index in [4.69, 9.17) is 4.74 Å². The number of amides is 2. The molecule has 0 atom stereocenters. The van der Waals surface area contributed by atoms with Gasteiger partial charge in [0.15, 0.2) is 0 Å². The molecule has 0 unspecified atom stereocenters. The first-order chi connectivity index (χ1) is 16.6. The predicted octanol–water partition coefficient (Wildman–Crippen LogP) is 6.94. The molecule has 5 nitrogen and oxygen atoms in total. The molecule has 0 saturated carbocycles. The molecule has 3 aromatic rings. The summed E-state index contributed by atoms with van der Waals surface area (Å²) in [5.41, 5.74) is 1.35. The van der Waals surface area contributed by atoms with E-state index in [0.29, 0.717) is 23.4 Å². The molecule has 0 fully saturated rings. The number of carbonyl (C=O) groups is 3. The van der Waals surface area contributed by atoms with Gasteiger partial charge >= 0.3 is 5.97 Å². The van der Waals surface area contributed by atoms with E-state index in [9.17, 15) is 14.4 Å². The second kappa shape index (κ2) is 11.1. The molecule has 1 aliphatic heterocycles. The molecule has 0 spiro atoms. The maximum atomic E-state index is 13.1. The van der Waals surface area contributed by atoms with Gasteiger partial charge in [0, 0.05) is 0 Å². The topological polar surface area (TPSA) is 63.7 Å². The van der Waals surface area contributed by atoms with Gasteiger partial charge < -0.3 is 4.74 Å². The number of fused-ring (bicyclic) bond motifs is 2. The quantitative estimate of drug-likeness (QED) is 0.178. The minimum Gasteiger partial charge on any atom is -0.462 e. The lowest BCUT2D eigenvalue weighted by molar-refractivity contribution is 0.0497. The van der Waals surface area contributed by atoms with Gasteiger partial charge in [-0.05, 0) is 47.5 Å². The summed E-state index contributed by atoms with van der Waals surface area (Å²) in [6.07, 6.45) is 9.36. The predicted molar refractivity (Wildman–Crippen MR) is 134 cm³/mol. The van der Waals surface area contributed by atoms with Crippen molar-refractivity contribution in [2.75, 3.05) is 11.5 Å². The third-order valence-corrected chi connectivity index (χ3v) is 6.34. The second-order valence-corrected chi connectivity index (χ2v) is 8.85. The molecule has 0 saturated heterocycles.